The van der Waals surface area contributed by atoms with Crippen molar-refractivity contribution in [1.29, 1.82) is 0 Å². The first kappa shape index (κ1) is 9.78. The van der Waals surface area contributed by atoms with Gasteiger partial charge in [0.2, 0.25) is 0 Å². The Morgan fingerprint density at radius 2 is 2.14 bits per heavy atom. The van der Waals surface area contributed by atoms with E-state index in [1.165, 1.54) is 22.6 Å². The molecule has 2 rings (SSSR count). The van der Waals surface area contributed by atoms with Crippen LogP contribution in [-0.4, -0.2) is 17.3 Å². The molecule has 1 aliphatic heterocycles. The van der Waals surface area contributed by atoms with Crippen molar-refractivity contribution < 1.29 is 4.79 Å². The van der Waals surface area contributed by atoms with Crippen molar-refractivity contribution in [3.8, 4) is 0 Å². The number of hydrogen-bond donors (Lipinski definition) is 0. The number of hydrogen-bond acceptors (Lipinski definition) is 2. The second kappa shape index (κ2) is 4.18. The summed E-state index contributed by atoms with van der Waals surface area (Å²) in [6.07, 6.45) is 0.595. The second-order valence-electron chi connectivity index (χ2n) is 3.81. The summed E-state index contributed by atoms with van der Waals surface area (Å²) in [5.41, 5.74) is 2.62. The van der Waals surface area contributed by atoms with E-state index in [1.54, 1.807) is 6.92 Å². The Balaban J connectivity index is 2.23. The van der Waals surface area contributed by atoms with Crippen LogP contribution in [0.3, 0.4) is 0 Å². The minimum atomic E-state index is 0.254. The van der Waals surface area contributed by atoms with Crippen LogP contribution >= 0.6 is 11.8 Å². The molecular formula is C12H14OS. The molecule has 1 nitrogen and oxygen atoms in total. The van der Waals surface area contributed by atoms with Crippen LogP contribution in [0.4, 0.5) is 0 Å². The SMILES string of the molecule is CC(=O)Cc1ccccc1C1CSC1. The number of benzene rings is 1. The maximum absolute atomic E-state index is 11.1. The average molecular weight is 206 g/mol. The number of rotatable bonds is 3. The fourth-order valence-electron chi connectivity index (χ4n) is 1.78. The highest BCUT2D eigenvalue weighted by molar-refractivity contribution is 8.00. The molecule has 0 radical (unpaired) electrons. The molecule has 14 heavy (non-hydrogen) atoms. The van der Waals surface area contributed by atoms with Gasteiger partial charge in [0, 0.05) is 23.8 Å². The van der Waals surface area contributed by atoms with Gasteiger partial charge in [0.05, 0.1) is 0 Å². The third-order valence-corrected chi connectivity index (χ3v) is 3.85. The Hall–Kier alpha value is -0.760. The highest BCUT2D eigenvalue weighted by atomic mass is 32.2. The van der Waals surface area contributed by atoms with Gasteiger partial charge in [-0.15, -0.1) is 0 Å². The topological polar surface area (TPSA) is 17.1 Å². The van der Waals surface area contributed by atoms with Crippen LogP contribution in [0, 0.1) is 0 Å². The van der Waals surface area contributed by atoms with Crippen LogP contribution in [-0.2, 0) is 11.2 Å². The first-order valence-corrected chi connectivity index (χ1v) is 6.08. The second-order valence-corrected chi connectivity index (χ2v) is 4.89. The summed E-state index contributed by atoms with van der Waals surface area (Å²) >= 11 is 1.98. The lowest BCUT2D eigenvalue weighted by Gasteiger charge is -2.27. The highest BCUT2D eigenvalue weighted by Gasteiger charge is 2.22. The third kappa shape index (κ3) is 2.01. The highest BCUT2D eigenvalue weighted by Crippen LogP contribution is 2.35. The van der Waals surface area contributed by atoms with Crippen LogP contribution in [0.2, 0.25) is 0 Å². The quantitative estimate of drug-likeness (QED) is 0.756. The normalized spacial score (nSPS) is 16.4. The van der Waals surface area contributed by atoms with Crippen LogP contribution in [0.15, 0.2) is 24.3 Å². The number of thioether (sulfide) groups is 1. The first-order valence-electron chi connectivity index (χ1n) is 4.92. The van der Waals surface area contributed by atoms with Gasteiger partial charge in [0.25, 0.3) is 0 Å². The molecule has 74 valence electrons. The van der Waals surface area contributed by atoms with Crippen LogP contribution in [0.25, 0.3) is 0 Å². The molecular weight excluding hydrogens is 192 g/mol. The maximum Gasteiger partial charge on any atom is 0.134 e. The van der Waals surface area contributed by atoms with E-state index < -0.39 is 0 Å². The van der Waals surface area contributed by atoms with E-state index in [9.17, 15) is 4.79 Å². The summed E-state index contributed by atoms with van der Waals surface area (Å²) in [7, 11) is 0. The van der Waals surface area contributed by atoms with Gasteiger partial charge in [-0.3, -0.25) is 4.79 Å². The zero-order valence-electron chi connectivity index (χ0n) is 8.32. The predicted molar refractivity (Wildman–Crippen MR) is 60.9 cm³/mol. The van der Waals surface area contributed by atoms with E-state index in [0.29, 0.717) is 12.3 Å². The molecule has 1 heterocycles. The molecule has 1 aliphatic rings. The maximum atomic E-state index is 11.1. The summed E-state index contributed by atoms with van der Waals surface area (Å²) in [4.78, 5) is 11.1. The molecule has 0 unspecified atom stereocenters. The molecule has 0 atom stereocenters. The van der Waals surface area contributed by atoms with E-state index in [1.807, 2.05) is 17.8 Å². The number of Topliss-reactive ketones (excluding diaryl/α,β-unsaturated/α-hetero) is 1. The third-order valence-electron chi connectivity index (χ3n) is 2.57. The van der Waals surface area contributed by atoms with E-state index in [2.05, 4.69) is 18.2 Å². The number of carbonyl (C=O) groups is 1. The Morgan fingerprint density at radius 1 is 1.43 bits per heavy atom. The number of ketones is 1. The van der Waals surface area contributed by atoms with Crippen molar-refractivity contribution in [3.63, 3.8) is 0 Å². The molecule has 1 aromatic rings. The lowest BCUT2D eigenvalue weighted by molar-refractivity contribution is -0.116. The minimum absolute atomic E-state index is 0.254. The number of carbonyl (C=O) groups excluding carboxylic acids is 1. The zero-order valence-corrected chi connectivity index (χ0v) is 9.14. The molecule has 0 amide bonds. The van der Waals surface area contributed by atoms with Crippen molar-refractivity contribution in [3.05, 3.63) is 35.4 Å². The summed E-state index contributed by atoms with van der Waals surface area (Å²) < 4.78 is 0. The van der Waals surface area contributed by atoms with Gasteiger partial charge in [0.15, 0.2) is 0 Å². The van der Waals surface area contributed by atoms with Crippen LogP contribution in [0.5, 0.6) is 0 Å². The molecule has 0 aromatic heterocycles. The fourth-order valence-corrected chi connectivity index (χ4v) is 2.61. The van der Waals surface area contributed by atoms with E-state index in [0.717, 1.165) is 0 Å². The Labute approximate surface area is 88.9 Å². The molecule has 1 saturated heterocycles. The van der Waals surface area contributed by atoms with Gasteiger partial charge in [-0.25, -0.2) is 0 Å². The van der Waals surface area contributed by atoms with Gasteiger partial charge >= 0.3 is 0 Å². The summed E-state index contributed by atoms with van der Waals surface area (Å²) in [5.74, 6) is 3.38. The summed E-state index contributed by atoms with van der Waals surface area (Å²) in [6.45, 7) is 1.66. The minimum Gasteiger partial charge on any atom is -0.300 e. The van der Waals surface area contributed by atoms with E-state index >= 15 is 0 Å². The van der Waals surface area contributed by atoms with Crippen molar-refractivity contribution in [2.75, 3.05) is 11.5 Å². The van der Waals surface area contributed by atoms with Crippen molar-refractivity contribution in [2.24, 2.45) is 0 Å². The van der Waals surface area contributed by atoms with Crippen molar-refractivity contribution >= 4 is 17.5 Å². The molecule has 0 spiro atoms. The largest absolute Gasteiger partial charge is 0.300 e. The summed E-state index contributed by atoms with van der Waals surface area (Å²) in [6, 6.07) is 8.35. The Bertz CT molecular complexity index is 342. The Morgan fingerprint density at radius 3 is 2.71 bits per heavy atom. The molecule has 1 aromatic carbocycles. The predicted octanol–water partition coefficient (Wildman–Crippen LogP) is 2.65. The van der Waals surface area contributed by atoms with Crippen molar-refractivity contribution in [2.45, 2.75) is 19.3 Å². The monoisotopic (exact) mass is 206 g/mol. The molecule has 1 fully saturated rings. The molecule has 0 N–H and O–H groups in total. The molecule has 0 bridgehead atoms. The molecule has 0 aliphatic carbocycles. The van der Waals surface area contributed by atoms with Gasteiger partial charge in [-0.2, -0.15) is 11.8 Å². The standard InChI is InChI=1S/C12H14OS/c1-9(13)6-10-4-2-3-5-12(10)11-7-14-8-11/h2-5,11H,6-8H2,1H3. The average Bonchev–Trinajstić information content (AvgIpc) is 2.04. The molecule has 2 heteroatoms. The van der Waals surface area contributed by atoms with Crippen molar-refractivity contribution in [1.82, 2.24) is 0 Å². The fraction of sp³-hybridized carbons (Fsp3) is 0.417. The van der Waals surface area contributed by atoms with Gasteiger partial charge in [-0.05, 0) is 18.1 Å². The lowest BCUT2D eigenvalue weighted by atomic mass is 9.94. The first-order chi connectivity index (χ1) is 6.77. The zero-order chi connectivity index (χ0) is 9.97. The summed E-state index contributed by atoms with van der Waals surface area (Å²) in [5, 5.41) is 0. The van der Waals surface area contributed by atoms with Gasteiger partial charge in [-0.1, -0.05) is 24.3 Å². The Kier molecular flexibility index (Phi) is 2.92. The van der Waals surface area contributed by atoms with Crippen LogP contribution < -0.4 is 0 Å². The lowest BCUT2D eigenvalue weighted by Crippen LogP contribution is -2.17. The van der Waals surface area contributed by atoms with E-state index in [4.69, 9.17) is 0 Å². The molecule has 0 saturated carbocycles. The van der Waals surface area contributed by atoms with E-state index in [-0.39, 0.29) is 5.78 Å². The van der Waals surface area contributed by atoms with Crippen LogP contribution in [0.1, 0.15) is 24.0 Å². The van der Waals surface area contributed by atoms with Gasteiger partial charge < -0.3 is 0 Å². The smallest absolute Gasteiger partial charge is 0.134 e. The van der Waals surface area contributed by atoms with Gasteiger partial charge in [0.1, 0.15) is 5.78 Å².